The molecule has 1 aliphatic rings. The average molecular weight is 297 g/mol. The predicted octanol–water partition coefficient (Wildman–Crippen LogP) is 2.23. The summed E-state index contributed by atoms with van der Waals surface area (Å²) in [5.74, 6) is -2.07. The van der Waals surface area contributed by atoms with Crippen LogP contribution in [0.15, 0.2) is 30.3 Å². The molecule has 0 bridgehead atoms. The number of hydrogen-bond acceptors (Lipinski definition) is 2. The summed E-state index contributed by atoms with van der Waals surface area (Å²) >= 11 is 3.20. The van der Waals surface area contributed by atoms with Crippen molar-refractivity contribution in [2.24, 2.45) is 0 Å². The number of benzene rings is 1. The van der Waals surface area contributed by atoms with Gasteiger partial charge in [0.25, 0.3) is 0 Å². The minimum absolute atomic E-state index is 0.112. The topological polar surface area (TPSA) is 74.6 Å². The molecule has 0 fully saturated rings. The van der Waals surface area contributed by atoms with Crippen molar-refractivity contribution < 1.29 is 19.8 Å². The van der Waals surface area contributed by atoms with Crippen LogP contribution in [0.2, 0.25) is 0 Å². The van der Waals surface area contributed by atoms with Crippen LogP contribution in [0.1, 0.15) is 17.5 Å². The highest BCUT2D eigenvalue weighted by Crippen LogP contribution is 2.43. The summed E-state index contributed by atoms with van der Waals surface area (Å²) in [6.07, 6.45) is 1.55. The molecule has 1 aromatic rings. The van der Waals surface area contributed by atoms with Crippen LogP contribution in [0.4, 0.5) is 0 Å². The number of fused-ring (bicyclic) bond motifs is 1. The number of carbonyl (C=O) groups is 2. The third-order valence-electron chi connectivity index (χ3n) is 2.80. The molecule has 1 aliphatic carbocycles. The van der Waals surface area contributed by atoms with Gasteiger partial charge >= 0.3 is 11.9 Å². The Bertz CT molecular complexity index is 535. The smallest absolute Gasteiger partial charge is 0.335 e. The molecular formula is C12H9BrO4. The highest BCUT2D eigenvalue weighted by molar-refractivity contribution is 9.10. The summed E-state index contributed by atoms with van der Waals surface area (Å²) in [6, 6.07) is 6.64. The van der Waals surface area contributed by atoms with Crippen LogP contribution in [0.3, 0.4) is 0 Å². The number of allylic oxidation sites excluding steroid dienone is 1. The predicted molar refractivity (Wildman–Crippen MR) is 64.9 cm³/mol. The van der Waals surface area contributed by atoms with Gasteiger partial charge in [-0.2, -0.15) is 0 Å². The molecule has 1 unspecified atom stereocenters. The Morgan fingerprint density at radius 2 is 1.88 bits per heavy atom. The maximum Gasteiger partial charge on any atom is 0.335 e. The van der Waals surface area contributed by atoms with Crippen molar-refractivity contribution in [1.82, 2.24) is 0 Å². The Morgan fingerprint density at radius 3 is 2.47 bits per heavy atom. The van der Waals surface area contributed by atoms with Crippen LogP contribution in [-0.2, 0) is 13.9 Å². The molecule has 0 aromatic heterocycles. The molecule has 2 N–H and O–H groups in total. The van der Waals surface area contributed by atoms with Gasteiger partial charge in [0, 0.05) is 0 Å². The summed E-state index contributed by atoms with van der Waals surface area (Å²) in [4.78, 5) is 22.4. The van der Waals surface area contributed by atoms with E-state index >= 15 is 0 Å². The fourth-order valence-electron chi connectivity index (χ4n) is 1.93. The number of hydrogen-bond donors (Lipinski definition) is 2. The Labute approximate surface area is 106 Å². The first kappa shape index (κ1) is 11.9. The number of rotatable bonds is 2. The molecular weight excluding hydrogens is 288 g/mol. The summed E-state index contributed by atoms with van der Waals surface area (Å²) in [7, 11) is 0. The van der Waals surface area contributed by atoms with Gasteiger partial charge in [-0.05, 0) is 17.5 Å². The van der Waals surface area contributed by atoms with Gasteiger partial charge in [-0.15, -0.1) is 0 Å². The van der Waals surface area contributed by atoms with Crippen LogP contribution in [-0.4, -0.2) is 22.2 Å². The van der Waals surface area contributed by atoms with E-state index in [-0.39, 0.29) is 12.0 Å². The molecule has 5 heteroatoms. The van der Waals surface area contributed by atoms with E-state index in [1.54, 1.807) is 24.3 Å². The summed E-state index contributed by atoms with van der Waals surface area (Å²) < 4.78 is -1.23. The number of aliphatic carboxylic acids is 2. The first-order valence-corrected chi connectivity index (χ1v) is 5.72. The lowest BCUT2D eigenvalue weighted by Crippen LogP contribution is -2.32. The van der Waals surface area contributed by atoms with Crippen molar-refractivity contribution in [2.45, 2.75) is 10.7 Å². The van der Waals surface area contributed by atoms with Crippen LogP contribution in [0.5, 0.6) is 0 Å². The number of carboxylic acid groups (broad SMARTS) is 2. The molecule has 0 heterocycles. The van der Waals surface area contributed by atoms with Gasteiger partial charge in [0.2, 0.25) is 0 Å². The summed E-state index contributed by atoms with van der Waals surface area (Å²) in [5.41, 5.74) is 1.08. The fraction of sp³-hybridized carbons (Fsp3) is 0.167. The van der Waals surface area contributed by atoms with Crippen molar-refractivity contribution >= 4 is 33.4 Å². The number of carboxylic acids is 2. The van der Waals surface area contributed by atoms with Crippen LogP contribution in [0, 0.1) is 0 Å². The van der Waals surface area contributed by atoms with Gasteiger partial charge in [0.15, 0.2) is 4.32 Å². The molecule has 0 aliphatic heterocycles. The number of alkyl halides is 1. The normalized spacial score (nSPS) is 22.5. The molecule has 1 aromatic carbocycles. The Balaban J connectivity index is 2.66. The standard InChI is InChI=1S/C12H9BrO4/c13-12(11(16)17)6-5-8(10(14)15)7-3-1-2-4-9(7)12/h1-5H,6H2,(H,14,15)(H,16,17). The van der Waals surface area contributed by atoms with Crippen molar-refractivity contribution in [3.63, 3.8) is 0 Å². The highest BCUT2D eigenvalue weighted by Gasteiger charge is 2.42. The Kier molecular flexibility index (Phi) is 2.79. The van der Waals surface area contributed by atoms with Gasteiger partial charge in [0.05, 0.1) is 5.57 Å². The van der Waals surface area contributed by atoms with Gasteiger partial charge in [-0.25, -0.2) is 4.79 Å². The average Bonchev–Trinajstić information content (AvgIpc) is 2.29. The van der Waals surface area contributed by atoms with Gasteiger partial charge < -0.3 is 10.2 Å². The maximum atomic E-state index is 11.3. The van der Waals surface area contributed by atoms with Crippen molar-refractivity contribution in [1.29, 1.82) is 0 Å². The van der Waals surface area contributed by atoms with E-state index in [1.807, 2.05) is 0 Å². The third-order valence-corrected chi connectivity index (χ3v) is 3.89. The van der Waals surface area contributed by atoms with Gasteiger partial charge in [-0.1, -0.05) is 46.3 Å². The van der Waals surface area contributed by atoms with Gasteiger partial charge in [-0.3, -0.25) is 4.79 Å². The van der Waals surface area contributed by atoms with Crippen molar-refractivity contribution in [3.05, 3.63) is 41.5 Å². The molecule has 88 valence electrons. The third kappa shape index (κ3) is 1.76. The molecule has 0 spiro atoms. The molecule has 17 heavy (non-hydrogen) atoms. The zero-order valence-electron chi connectivity index (χ0n) is 8.68. The highest BCUT2D eigenvalue weighted by atomic mass is 79.9. The first-order valence-electron chi connectivity index (χ1n) is 4.92. The molecule has 0 saturated heterocycles. The lowest BCUT2D eigenvalue weighted by molar-refractivity contribution is -0.140. The minimum atomic E-state index is -1.23. The minimum Gasteiger partial charge on any atom is -0.480 e. The van der Waals surface area contributed by atoms with Crippen LogP contribution in [0.25, 0.3) is 5.57 Å². The van der Waals surface area contributed by atoms with Crippen LogP contribution < -0.4 is 0 Å². The summed E-state index contributed by atoms with van der Waals surface area (Å²) in [6.45, 7) is 0. The fourth-order valence-corrected chi connectivity index (χ4v) is 2.44. The molecule has 0 amide bonds. The molecule has 0 saturated carbocycles. The quantitative estimate of drug-likeness (QED) is 0.821. The number of halogens is 1. The second-order valence-corrected chi connectivity index (χ2v) is 5.13. The van der Waals surface area contributed by atoms with E-state index in [0.29, 0.717) is 11.1 Å². The van der Waals surface area contributed by atoms with E-state index < -0.39 is 16.3 Å². The maximum absolute atomic E-state index is 11.3. The second-order valence-electron chi connectivity index (χ2n) is 3.78. The van der Waals surface area contributed by atoms with Gasteiger partial charge in [0.1, 0.15) is 0 Å². The Hall–Kier alpha value is -1.62. The van der Waals surface area contributed by atoms with Crippen molar-refractivity contribution in [3.8, 4) is 0 Å². The second kappa shape index (κ2) is 4.00. The monoisotopic (exact) mass is 296 g/mol. The van der Waals surface area contributed by atoms with E-state index in [4.69, 9.17) is 5.11 Å². The first-order chi connectivity index (χ1) is 7.97. The lowest BCUT2D eigenvalue weighted by Gasteiger charge is -2.28. The van der Waals surface area contributed by atoms with E-state index in [2.05, 4.69) is 15.9 Å². The summed E-state index contributed by atoms with van der Waals surface area (Å²) in [5, 5.41) is 18.3. The molecule has 4 nitrogen and oxygen atoms in total. The van der Waals surface area contributed by atoms with E-state index in [0.717, 1.165) is 0 Å². The lowest BCUT2D eigenvalue weighted by atomic mass is 9.83. The SMILES string of the molecule is O=C(O)C1=CCC(Br)(C(=O)O)c2ccccc21. The molecule has 1 atom stereocenters. The zero-order chi connectivity index (χ0) is 12.6. The zero-order valence-corrected chi connectivity index (χ0v) is 10.3. The molecule has 0 radical (unpaired) electrons. The van der Waals surface area contributed by atoms with E-state index in [9.17, 15) is 14.7 Å². The largest absolute Gasteiger partial charge is 0.480 e. The Morgan fingerprint density at radius 1 is 1.24 bits per heavy atom. The molecule has 2 rings (SSSR count). The van der Waals surface area contributed by atoms with Crippen LogP contribution >= 0.6 is 15.9 Å². The van der Waals surface area contributed by atoms with Crippen molar-refractivity contribution in [2.75, 3.05) is 0 Å². The van der Waals surface area contributed by atoms with E-state index in [1.165, 1.54) is 6.08 Å².